The van der Waals surface area contributed by atoms with Gasteiger partial charge in [-0.05, 0) is 65.2 Å². The third kappa shape index (κ3) is 9.49. The molecule has 0 saturated heterocycles. The van der Waals surface area contributed by atoms with E-state index < -0.39 is 18.0 Å². The predicted molar refractivity (Wildman–Crippen MR) is 169 cm³/mol. The van der Waals surface area contributed by atoms with Crippen LogP contribution in [0.5, 0.6) is 0 Å². The summed E-state index contributed by atoms with van der Waals surface area (Å²) in [6.07, 6.45) is 4.83. The van der Waals surface area contributed by atoms with Crippen LogP contribution in [0.25, 0.3) is 17.0 Å². The smallest absolute Gasteiger partial charge is 0.258 e. The van der Waals surface area contributed by atoms with Gasteiger partial charge in [-0.1, -0.05) is 63.8 Å². The van der Waals surface area contributed by atoms with Crippen LogP contribution in [0.15, 0.2) is 49.1 Å². The summed E-state index contributed by atoms with van der Waals surface area (Å²) in [6, 6.07) is 8.24. The third-order valence-corrected chi connectivity index (χ3v) is 7.33. The van der Waals surface area contributed by atoms with Gasteiger partial charge in [0.25, 0.3) is 5.91 Å². The lowest BCUT2D eigenvalue weighted by Crippen LogP contribution is -2.59. The number of fused-ring (bicyclic) bond motifs is 1. The first-order valence-electron chi connectivity index (χ1n) is 14.8. The second-order valence-electron chi connectivity index (χ2n) is 11.2. The summed E-state index contributed by atoms with van der Waals surface area (Å²) in [4.78, 5) is 43.7. The maximum Gasteiger partial charge on any atom is 0.258 e. The number of hydrogen-bond acceptors (Lipinski definition) is 6. The minimum Gasteiger partial charge on any atom is -0.368 e. The molecule has 6 unspecified atom stereocenters. The molecule has 0 saturated carbocycles. The molecule has 2 aromatic rings. The van der Waals surface area contributed by atoms with Crippen molar-refractivity contribution in [2.45, 2.75) is 92.6 Å². The molecule has 1 aromatic carbocycles. The number of amides is 3. The molecule has 9 nitrogen and oxygen atoms in total. The van der Waals surface area contributed by atoms with Gasteiger partial charge in [0, 0.05) is 18.0 Å². The highest BCUT2D eigenvalue weighted by atomic mass is 16.5. The maximum absolute atomic E-state index is 13.3. The molecule has 230 valence electrons. The van der Waals surface area contributed by atoms with Crippen LogP contribution >= 0.6 is 0 Å². The number of nitrogens with zero attached hydrogens (tertiary/aromatic N) is 2. The zero-order valence-electron chi connectivity index (χ0n) is 26.6. The first kappa shape index (κ1) is 34.6. The van der Waals surface area contributed by atoms with Crippen molar-refractivity contribution in [1.82, 2.24) is 26.1 Å². The van der Waals surface area contributed by atoms with Gasteiger partial charge in [-0.3, -0.25) is 24.4 Å². The van der Waals surface area contributed by atoms with Crippen molar-refractivity contribution < 1.29 is 19.1 Å². The van der Waals surface area contributed by atoms with Crippen LogP contribution in [-0.2, 0) is 19.1 Å². The van der Waals surface area contributed by atoms with Crippen molar-refractivity contribution >= 4 is 34.7 Å². The van der Waals surface area contributed by atoms with Crippen LogP contribution in [0, 0.1) is 11.8 Å². The van der Waals surface area contributed by atoms with Crippen molar-refractivity contribution in [2.24, 2.45) is 11.8 Å². The van der Waals surface area contributed by atoms with Crippen molar-refractivity contribution in [3.05, 3.63) is 60.3 Å². The summed E-state index contributed by atoms with van der Waals surface area (Å²) in [5.41, 5.74) is 5.93. The molecule has 0 fully saturated rings. The molecule has 0 spiro atoms. The molecule has 0 aliphatic rings. The number of benzene rings is 1. The van der Waals surface area contributed by atoms with Gasteiger partial charge in [0.2, 0.25) is 11.8 Å². The van der Waals surface area contributed by atoms with Crippen LogP contribution in [-0.4, -0.2) is 58.5 Å². The minimum absolute atomic E-state index is 0.157. The van der Waals surface area contributed by atoms with Crippen LogP contribution in [0.1, 0.15) is 79.7 Å². The summed E-state index contributed by atoms with van der Waals surface area (Å²) >= 11 is 0. The second-order valence-corrected chi connectivity index (χ2v) is 11.2. The molecular formula is C33H49N5O4. The second kappa shape index (κ2) is 16.2. The first-order valence-corrected chi connectivity index (χ1v) is 14.8. The van der Waals surface area contributed by atoms with Crippen molar-refractivity contribution in [3.8, 4) is 0 Å². The molecule has 3 N–H and O–H groups in total. The quantitative estimate of drug-likeness (QED) is 0.204. The number of aromatic nitrogens is 1. The van der Waals surface area contributed by atoms with E-state index in [0.717, 1.165) is 22.2 Å². The lowest BCUT2D eigenvalue weighted by atomic mass is 10.0. The Labute approximate surface area is 251 Å². The highest BCUT2D eigenvalue weighted by molar-refractivity contribution is 5.92. The number of pyridine rings is 1. The molecule has 0 aliphatic carbocycles. The molecule has 2 rings (SSSR count). The van der Waals surface area contributed by atoms with Gasteiger partial charge in [-0.2, -0.15) is 0 Å². The van der Waals surface area contributed by atoms with Gasteiger partial charge < -0.3 is 15.4 Å². The number of hydrogen-bond donors (Lipinski definition) is 3. The highest BCUT2D eigenvalue weighted by Gasteiger charge is 2.30. The zero-order valence-corrected chi connectivity index (χ0v) is 26.6. The van der Waals surface area contributed by atoms with Gasteiger partial charge in [0.15, 0.2) is 0 Å². The summed E-state index contributed by atoms with van der Waals surface area (Å²) in [5, 5.41) is 8.13. The number of nitrogens with one attached hydrogen (secondary N) is 3. The Hall–Kier alpha value is -3.56. The standard InChI is InChI=1S/C33H49N5O4/c1-11-14-21(6)31(39)36-30(20(4)5)32(40)34-23(8)33(41)38(13-3)37-22(7)24(9)42-25(10)28-18-17-27-16-15-26(12-2)19-29(27)35-28/h11-12,14-25,30,37H,2,13H2,1,3-10H3,(H,34,40)(H,36,39). The number of rotatable bonds is 15. The molecule has 0 radical (unpaired) electrons. The van der Waals surface area contributed by atoms with E-state index in [1.807, 2.05) is 78.8 Å². The fraction of sp³-hybridized carbons (Fsp3) is 0.515. The first-order chi connectivity index (χ1) is 19.8. The van der Waals surface area contributed by atoms with E-state index in [9.17, 15) is 14.4 Å². The lowest BCUT2D eigenvalue weighted by molar-refractivity contribution is -0.141. The van der Waals surface area contributed by atoms with Crippen LogP contribution in [0.2, 0.25) is 0 Å². The van der Waals surface area contributed by atoms with E-state index in [0.29, 0.717) is 6.54 Å². The Balaban J connectivity index is 2.00. The van der Waals surface area contributed by atoms with Gasteiger partial charge in [-0.25, -0.2) is 5.43 Å². The molecular weight excluding hydrogens is 530 g/mol. The van der Waals surface area contributed by atoms with E-state index >= 15 is 0 Å². The number of hydrazine groups is 1. The van der Waals surface area contributed by atoms with Gasteiger partial charge in [-0.15, -0.1) is 0 Å². The number of allylic oxidation sites excluding steroid dienone is 1. The molecule has 9 heteroatoms. The third-order valence-electron chi connectivity index (χ3n) is 7.33. The average molecular weight is 580 g/mol. The summed E-state index contributed by atoms with van der Waals surface area (Å²) < 4.78 is 6.29. The van der Waals surface area contributed by atoms with Crippen molar-refractivity contribution in [3.63, 3.8) is 0 Å². The Kier molecular flexibility index (Phi) is 13.3. The Morgan fingerprint density at radius 1 is 1.00 bits per heavy atom. The van der Waals surface area contributed by atoms with E-state index in [1.54, 1.807) is 32.1 Å². The number of ether oxygens (including phenoxy) is 1. The van der Waals surface area contributed by atoms with Gasteiger partial charge in [0.1, 0.15) is 12.1 Å². The SMILES string of the molecule is C=Cc1ccc2ccc(C(C)OC(C)C(C)NN(CC)C(=O)C(C)NC(=O)C(NC(=O)C(C)C=CC)C(C)C)nc2c1. The van der Waals surface area contributed by atoms with Crippen LogP contribution in [0.3, 0.4) is 0 Å². The van der Waals surface area contributed by atoms with Crippen molar-refractivity contribution in [2.75, 3.05) is 6.54 Å². The van der Waals surface area contributed by atoms with E-state index in [-0.39, 0.29) is 41.9 Å². The maximum atomic E-state index is 13.3. The summed E-state index contributed by atoms with van der Waals surface area (Å²) in [5.74, 6) is -1.45. The zero-order chi connectivity index (χ0) is 31.6. The number of carbonyl (C=O) groups is 3. The minimum atomic E-state index is -0.805. The highest BCUT2D eigenvalue weighted by Crippen LogP contribution is 2.22. The van der Waals surface area contributed by atoms with Gasteiger partial charge >= 0.3 is 0 Å². The Bertz CT molecular complexity index is 1260. The summed E-state index contributed by atoms with van der Waals surface area (Å²) in [7, 11) is 0. The van der Waals surface area contributed by atoms with Gasteiger partial charge in [0.05, 0.1) is 29.3 Å². The largest absolute Gasteiger partial charge is 0.368 e. The van der Waals surface area contributed by atoms with Crippen LogP contribution in [0.4, 0.5) is 0 Å². The molecule has 0 aliphatic heterocycles. The van der Waals surface area contributed by atoms with Crippen LogP contribution < -0.4 is 16.1 Å². The number of likely N-dealkylation sites (N-methyl/N-ethyl adjacent to an activating group) is 1. The van der Waals surface area contributed by atoms with E-state index in [1.165, 1.54) is 5.01 Å². The normalized spacial score (nSPS) is 16.0. The topological polar surface area (TPSA) is 113 Å². The van der Waals surface area contributed by atoms with E-state index in [4.69, 9.17) is 9.72 Å². The molecule has 42 heavy (non-hydrogen) atoms. The lowest BCUT2D eigenvalue weighted by Gasteiger charge is -2.32. The molecule has 1 aromatic heterocycles. The molecule has 0 bridgehead atoms. The molecule has 1 heterocycles. The molecule has 6 atom stereocenters. The monoisotopic (exact) mass is 579 g/mol. The predicted octanol–water partition coefficient (Wildman–Crippen LogP) is 4.94. The summed E-state index contributed by atoms with van der Waals surface area (Å²) in [6.45, 7) is 20.9. The number of carbonyl (C=O) groups excluding carboxylic acids is 3. The van der Waals surface area contributed by atoms with E-state index in [2.05, 4.69) is 22.6 Å². The fourth-order valence-corrected chi connectivity index (χ4v) is 4.47. The fourth-order valence-electron chi connectivity index (χ4n) is 4.47. The Morgan fingerprint density at radius 2 is 1.67 bits per heavy atom. The van der Waals surface area contributed by atoms with Crippen molar-refractivity contribution in [1.29, 1.82) is 0 Å². The average Bonchev–Trinajstić information content (AvgIpc) is 2.96. The Morgan fingerprint density at radius 3 is 2.26 bits per heavy atom. The molecule has 3 amide bonds.